The van der Waals surface area contributed by atoms with Gasteiger partial charge in [-0.05, 0) is 42.0 Å². The average Bonchev–Trinajstić information content (AvgIpc) is 3.29. The highest BCUT2D eigenvalue weighted by Gasteiger charge is 2.17. The lowest BCUT2D eigenvalue weighted by Crippen LogP contribution is -2.28. The van der Waals surface area contributed by atoms with Crippen LogP contribution in [0.2, 0.25) is 5.02 Å². The van der Waals surface area contributed by atoms with E-state index in [4.69, 9.17) is 26.1 Å². The van der Waals surface area contributed by atoms with Crippen LogP contribution >= 0.6 is 11.6 Å². The van der Waals surface area contributed by atoms with Crippen LogP contribution in [0.4, 0.5) is 0 Å². The van der Waals surface area contributed by atoms with Gasteiger partial charge in [-0.1, -0.05) is 35.9 Å². The van der Waals surface area contributed by atoms with Gasteiger partial charge in [0.1, 0.15) is 11.5 Å². The molecule has 5 rings (SSSR count). The van der Waals surface area contributed by atoms with Crippen molar-refractivity contribution in [3.8, 4) is 22.9 Å². The lowest BCUT2D eigenvalue weighted by molar-refractivity contribution is 0.394. The number of fused-ring (bicyclic) bond motifs is 3. The number of halogens is 1. The molecule has 0 fully saturated rings. The third-order valence-electron chi connectivity index (χ3n) is 5.32. The van der Waals surface area contributed by atoms with Crippen LogP contribution in [0.15, 0.2) is 71.5 Å². The summed E-state index contributed by atoms with van der Waals surface area (Å²) >= 11 is 6.01. The van der Waals surface area contributed by atoms with Crippen molar-refractivity contribution in [3.63, 3.8) is 0 Å². The number of hydrogen-bond donors (Lipinski definition) is 0. The van der Waals surface area contributed by atoms with Crippen molar-refractivity contribution in [1.82, 2.24) is 19.2 Å². The molecule has 0 radical (unpaired) electrons. The summed E-state index contributed by atoms with van der Waals surface area (Å²) in [7, 11) is 3.16. The molecule has 0 N–H and O–H groups in total. The smallest absolute Gasteiger partial charge is 0.351 e. The number of aromatic nitrogens is 4. The predicted molar refractivity (Wildman–Crippen MR) is 124 cm³/mol. The molecule has 0 unspecified atom stereocenters. The number of para-hydroxylation sites is 1. The number of nitrogens with zero attached hydrogens (tertiary/aromatic N) is 4. The fourth-order valence-corrected chi connectivity index (χ4v) is 3.85. The summed E-state index contributed by atoms with van der Waals surface area (Å²) in [5, 5.41) is 6.02. The molecular weight excluding hydrogens is 428 g/mol. The second-order valence-corrected chi connectivity index (χ2v) is 7.72. The molecule has 2 aromatic heterocycles. The molecule has 0 bridgehead atoms. The fraction of sp³-hybridized carbons (Fsp3) is 0.125. The van der Waals surface area contributed by atoms with Gasteiger partial charge in [0.15, 0.2) is 11.5 Å². The molecule has 7 nitrogen and oxygen atoms in total. The highest BCUT2D eigenvalue weighted by Crippen LogP contribution is 2.29. The van der Waals surface area contributed by atoms with Crippen molar-refractivity contribution in [3.05, 3.63) is 87.8 Å². The molecule has 5 aromatic rings. The largest absolute Gasteiger partial charge is 0.497 e. The van der Waals surface area contributed by atoms with Crippen molar-refractivity contribution in [1.29, 1.82) is 0 Å². The maximum absolute atomic E-state index is 13.5. The Hall–Kier alpha value is -3.84. The third kappa shape index (κ3) is 3.46. The van der Waals surface area contributed by atoms with Gasteiger partial charge in [0.25, 0.3) is 0 Å². The molecule has 0 amide bonds. The first kappa shape index (κ1) is 20.1. The minimum atomic E-state index is -0.276. The number of ether oxygens (including phenoxy) is 2. The Morgan fingerprint density at radius 1 is 0.938 bits per heavy atom. The van der Waals surface area contributed by atoms with Gasteiger partial charge in [-0.3, -0.25) is 4.57 Å². The van der Waals surface area contributed by atoms with Crippen LogP contribution in [0.25, 0.3) is 27.9 Å². The summed E-state index contributed by atoms with van der Waals surface area (Å²) in [6.45, 7) is 0.384. The Kier molecular flexibility index (Phi) is 5.03. The molecule has 32 heavy (non-hydrogen) atoms. The second kappa shape index (κ2) is 8.01. The average molecular weight is 447 g/mol. The molecule has 0 aliphatic heterocycles. The van der Waals surface area contributed by atoms with E-state index >= 15 is 0 Å². The van der Waals surface area contributed by atoms with Crippen LogP contribution < -0.4 is 15.2 Å². The molecule has 0 aliphatic rings. The topological polar surface area (TPSA) is 70.7 Å². The molecule has 0 saturated carbocycles. The second-order valence-electron chi connectivity index (χ2n) is 7.28. The van der Waals surface area contributed by atoms with E-state index in [9.17, 15) is 4.79 Å². The molecular formula is C24H19ClN4O3. The van der Waals surface area contributed by atoms with Gasteiger partial charge in [-0.25, -0.2) is 9.78 Å². The number of benzene rings is 3. The van der Waals surface area contributed by atoms with Gasteiger partial charge >= 0.3 is 5.69 Å². The maximum Gasteiger partial charge on any atom is 0.351 e. The van der Waals surface area contributed by atoms with Crippen LogP contribution in [0.3, 0.4) is 0 Å². The first-order valence-electron chi connectivity index (χ1n) is 9.93. The van der Waals surface area contributed by atoms with E-state index in [0.29, 0.717) is 40.1 Å². The van der Waals surface area contributed by atoms with Crippen molar-refractivity contribution in [2.45, 2.75) is 6.54 Å². The normalized spacial score (nSPS) is 11.2. The Bertz CT molecular complexity index is 1480. The zero-order valence-electron chi connectivity index (χ0n) is 17.4. The van der Waals surface area contributed by atoms with E-state index < -0.39 is 0 Å². The van der Waals surface area contributed by atoms with Crippen LogP contribution in [-0.2, 0) is 6.54 Å². The van der Waals surface area contributed by atoms with Crippen molar-refractivity contribution >= 4 is 28.2 Å². The van der Waals surface area contributed by atoms with E-state index in [1.165, 1.54) is 4.52 Å². The number of hydrogen-bond acceptors (Lipinski definition) is 5. The minimum Gasteiger partial charge on any atom is -0.497 e. The quantitative estimate of drug-likeness (QED) is 0.399. The standard InChI is InChI=1S/C24H19ClN4O3/c1-31-18-11-16(12-19(13-18)32-2)22-26-23-20-5-3-4-6-21(20)28(24(30)29(23)27-22)14-15-7-9-17(25)10-8-15/h3-13H,14H2,1-2H3. The summed E-state index contributed by atoms with van der Waals surface area (Å²) in [6, 6.07) is 20.5. The summed E-state index contributed by atoms with van der Waals surface area (Å²) in [5.41, 5.74) is 2.65. The molecule has 160 valence electrons. The van der Waals surface area contributed by atoms with E-state index in [1.54, 1.807) is 24.9 Å². The van der Waals surface area contributed by atoms with E-state index in [0.717, 1.165) is 16.5 Å². The highest BCUT2D eigenvalue weighted by atomic mass is 35.5. The predicted octanol–water partition coefficient (Wildman–Crippen LogP) is 4.43. The SMILES string of the molecule is COc1cc(OC)cc(-c2nc3c4ccccc4n(Cc4ccc(Cl)cc4)c(=O)n3n2)c1. The molecule has 0 saturated heterocycles. The lowest BCUT2D eigenvalue weighted by Gasteiger charge is -2.11. The monoisotopic (exact) mass is 446 g/mol. The lowest BCUT2D eigenvalue weighted by atomic mass is 10.2. The minimum absolute atomic E-state index is 0.276. The number of methoxy groups -OCH3 is 2. The summed E-state index contributed by atoms with van der Waals surface area (Å²) in [6.07, 6.45) is 0. The van der Waals surface area contributed by atoms with Crippen molar-refractivity contribution in [2.24, 2.45) is 0 Å². The summed E-state index contributed by atoms with van der Waals surface area (Å²) in [5.74, 6) is 1.64. The summed E-state index contributed by atoms with van der Waals surface area (Å²) < 4.78 is 13.8. The number of rotatable bonds is 5. The van der Waals surface area contributed by atoms with Gasteiger partial charge < -0.3 is 9.47 Å². The van der Waals surface area contributed by atoms with Crippen molar-refractivity contribution < 1.29 is 9.47 Å². The van der Waals surface area contributed by atoms with Crippen LogP contribution in [0.1, 0.15) is 5.56 Å². The molecule has 8 heteroatoms. The first-order valence-corrected chi connectivity index (χ1v) is 10.3. The van der Waals surface area contributed by atoms with E-state index in [-0.39, 0.29) is 5.69 Å². The zero-order valence-corrected chi connectivity index (χ0v) is 18.2. The molecule has 0 aliphatic carbocycles. The molecule has 2 heterocycles. The highest BCUT2D eigenvalue weighted by molar-refractivity contribution is 6.30. The van der Waals surface area contributed by atoms with Crippen LogP contribution in [0.5, 0.6) is 11.5 Å². The van der Waals surface area contributed by atoms with Gasteiger partial charge in [0.2, 0.25) is 0 Å². The molecule has 3 aromatic carbocycles. The zero-order chi connectivity index (χ0) is 22.2. The van der Waals surface area contributed by atoms with Gasteiger partial charge in [-0.2, -0.15) is 4.52 Å². The summed E-state index contributed by atoms with van der Waals surface area (Å²) in [4.78, 5) is 18.1. The van der Waals surface area contributed by atoms with E-state index in [1.807, 2.05) is 60.7 Å². The van der Waals surface area contributed by atoms with Crippen LogP contribution in [-0.4, -0.2) is 33.4 Å². The van der Waals surface area contributed by atoms with Gasteiger partial charge in [0, 0.05) is 22.0 Å². The Labute approximate surface area is 188 Å². The molecule has 0 spiro atoms. The van der Waals surface area contributed by atoms with Gasteiger partial charge in [-0.15, -0.1) is 5.10 Å². The maximum atomic E-state index is 13.5. The van der Waals surface area contributed by atoms with Gasteiger partial charge in [0.05, 0.1) is 26.3 Å². The van der Waals surface area contributed by atoms with Crippen molar-refractivity contribution in [2.75, 3.05) is 14.2 Å². The first-order chi connectivity index (χ1) is 15.6. The molecule has 0 atom stereocenters. The third-order valence-corrected chi connectivity index (χ3v) is 5.57. The Morgan fingerprint density at radius 3 is 2.31 bits per heavy atom. The van der Waals surface area contributed by atoms with E-state index in [2.05, 4.69) is 5.10 Å². The Balaban J connectivity index is 1.73. The fourth-order valence-electron chi connectivity index (χ4n) is 3.72. The van der Waals surface area contributed by atoms with Crippen LogP contribution in [0, 0.1) is 0 Å². The Morgan fingerprint density at radius 2 is 1.62 bits per heavy atom.